The quantitative estimate of drug-likeness (QED) is 0.695. The largest absolute Gasteiger partial charge is 0.452 e. The predicted molar refractivity (Wildman–Crippen MR) is 107 cm³/mol. The van der Waals surface area contributed by atoms with E-state index < -0.39 is 36.2 Å². The van der Waals surface area contributed by atoms with Gasteiger partial charge in [-0.15, -0.1) is 23.5 Å². The SMILES string of the molecule is C[C@@H](NC(=O)COC(=O)c1ccc(C2SCCS2)cc1)c1ccc(F)cc1F. The summed E-state index contributed by atoms with van der Waals surface area (Å²) in [5, 5.41) is 2.53. The Morgan fingerprint density at radius 3 is 2.46 bits per heavy atom. The van der Waals surface area contributed by atoms with Crippen LogP contribution in [-0.4, -0.2) is 30.0 Å². The zero-order valence-electron chi connectivity index (χ0n) is 15.1. The fourth-order valence-electron chi connectivity index (χ4n) is 2.76. The summed E-state index contributed by atoms with van der Waals surface area (Å²) in [7, 11) is 0. The highest BCUT2D eigenvalue weighted by Crippen LogP contribution is 2.45. The molecule has 1 aliphatic heterocycles. The summed E-state index contributed by atoms with van der Waals surface area (Å²) in [5.41, 5.74) is 1.67. The molecule has 1 amide bonds. The Balaban J connectivity index is 1.50. The summed E-state index contributed by atoms with van der Waals surface area (Å²) in [4.78, 5) is 24.1. The Bertz CT molecular complexity index is 855. The summed E-state index contributed by atoms with van der Waals surface area (Å²) < 4.78 is 32.1. The van der Waals surface area contributed by atoms with Crippen molar-refractivity contribution in [3.8, 4) is 0 Å². The average Bonchev–Trinajstić information content (AvgIpc) is 3.21. The van der Waals surface area contributed by atoms with Crippen molar-refractivity contribution in [2.75, 3.05) is 18.1 Å². The fourth-order valence-corrected chi connectivity index (χ4v) is 5.61. The van der Waals surface area contributed by atoms with Gasteiger partial charge in [0, 0.05) is 23.1 Å². The first-order chi connectivity index (χ1) is 13.4. The van der Waals surface area contributed by atoms with Crippen molar-refractivity contribution in [2.24, 2.45) is 0 Å². The van der Waals surface area contributed by atoms with Gasteiger partial charge in [0.15, 0.2) is 6.61 Å². The van der Waals surface area contributed by atoms with Gasteiger partial charge in [0.25, 0.3) is 5.91 Å². The van der Waals surface area contributed by atoms with Crippen molar-refractivity contribution in [1.82, 2.24) is 5.32 Å². The van der Waals surface area contributed by atoms with Gasteiger partial charge in [-0.3, -0.25) is 4.79 Å². The summed E-state index contributed by atoms with van der Waals surface area (Å²) in [6.07, 6.45) is 0. The molecule has 1 N–H and O–H groups in total. The Hall–Kier alpha value is -2.06. The van der Waals surface area contributed by atoms with Crippen LogP contribution in [0.3, 0.4) is 0 Å². The first kappa shape index (κ1) is 20.7. The van der Waals surface area contributed by atoms with Crippen molar-refractivity contribution < 1.29 is 23.1 Å². The first-order valence-electron chi connectivity index (χ1n) is 8.68. The molecule has 4 nitrogen and oxygen atoms in total. The first-order valence-corrected chi connectivity index (χ1v) is 10.8. The molecule has 0 unspecified atom stereocenters. The van der Waals surface area contributed by atoms with Crippen LogP contribution in [0.2, 0.25) is 0 Å². The summed E-state index contributed by atoms with van der Waals surface area (Å²) in [6.45, 7) is 1.08. The van der Waals surface area contributed by atoms with Crippen molar-refractivity contribution in [2.45, 2.75) is 17.5 Å². The molecular weight excluding hydrogens is 404 g/mol. The van der Waals surface area contributed by atoms with Gasteiger partial charge in [0.05, 0.1) is 16.2 Å². The van der Waals surface area contributed by atoms with Crippen molar-refractivity contribution in [3.05, 3.63) is 70.8 Å². The highest BCUT2D eigenvalue weighted by Gasteiger charge is 2.19. The number of thioether (sulfide) groups is 2. The topological polar surface area (TPSA) is 55.4 Å². The van der Waals surface area contributed by atoms with Gasteiger partial charge in [-0.25, -0.2) is 13.6 Å². The summed E-state index contributed by atoms with van der Waals surface area (Å²) >= 11 is 3.75. The van der Waals surface area contributed by atoms with Crippen LogP contribution in [0.1, 0.15) is 39.0 Å². The molecule has 1 aliphatic rings. The van der Waals surface area contributed by atoms with Crippen LogP contribution in [0.4, 0.5) is 8.78 Å². The molecule has 0 spiro atoms. The van der Waals surface area contributed by atoms with E-state index in [1.165, 1.54) is 6.07 Å². The van der Waals surface area contributed by atoms with E-state index in [1.807, 2.05) is 35.7 Å². The Labute approximate surface area is 170 Å². The van der Waals surface area contributed by atoms with Gasteiger partial charge in [-0.05, 0) is 30.7 Å². The molecule has 28 heavy (non-hydrogen) atoms. The molecule has 1 fully saturated rings. The standard InChI is InChI=1S/C20H19F2NO3S2/c1-12(16-7-6-15(21)10-17(16)22)23-18(24)11-26-19(25)13-2-4-14(5-3-13)20-27-8-9-28-20/h2-7,10,12,20H,8-9,11H2,1H3,(H,23,24)/t12-/m1/s1. The van der Waals surface area contributed by atoms with Crippen LogP contribution in [0.5, 0.6) is 0 Å². The molecule has 1 saturated heterocycles. The number of halogens is 2. The zero-order valence-corrected chi connectivity index (χ0v) is 16.7. The molecule has 8 heteroatoms. The molecule has 148 valence electrons. The smallest absolute Gasteiger partial charge is 0.338 e. The van der Waals surface area contributed by atoms with Gasteiger partial charge >= 0.3 is 5.97 Å². The molecule has 2 aromatic rings. The van der Waals surface area contributed by atoms with Crippen LogP contribution in [-0.2, 0) is 9.53 Å². The minimum absolute atomic E-state index is 0.152. The van der Waals surface area contributed by atoms with Crippen LogP contribution >= 0.6 is 23.5 Å². The van der Waals surface area contributed by atoms with Crippen molar-refractivity contribution in [3.63, 3.8) is 0 Å². The lowest BCUT2D eigenvalue weighted by Crippen LogP contribution is -2.31. The number of carbonyl (C=O) groups is 2. The Morgan fingerprint density at radius 2 is 1.82 bits per heavy atom. The van der Waals surface area contributed by atoms with Gasteiger partial charge in [0.2, 0.25) is 0 Å². The minimum atomic E-state index is -0.747. The predicted octanol–water partition coefficient (Wildman–Crippen LogP) is 4.48. The van der Waals surface area contributed by atoms with Crippen molar-refractivity contribution in [1.29, 1.82) is 0 Å². The monoisotopic (exact) mass is 423 g/mol. The van der Waals surface area contributed by atoms with Gasteiger partial charge in [0.1, 0.15) is 11.6 Å². The second-order valence-corrected chi connectivity index (χ2v) is 8.95. The van der Waals surface area contributed by atoms with E-state index in [9.17, 15) is 18.4 Å². The molecule has 0 radical (unpaired) electrons. The number of nitrogens with one attached hydrogen (secondary N) is 1. The maximum absolute atomic E-state index is 13.8. The highest BCUT2D eigenvalue weighted by atomic mass is 32.2. The third-order valence-electron chi connectivity index (χ3n) is 4.18. The number of carbonyl (C=O) groups excluding carboxylic acids is 2. The van der Waals surface area contributed by atoms with Crippen LogP contribution in [0, 0.1) is 11.6 Å². The van der Waals surface area contributed by atoms with E-state index in [0.29, 0.717) is 10.1 Å². The van der Waals surface area contributed by atoms with Crippen LogP contribution in [0.25, 0.3) is 0 Å². The van der Waals surface area contributed by atoms with Crippen LogP contribution < -0.4 is 5.32 Å². The Kier molecular flexibility index (Phi) is 6.96. The number of ether oxygens (including phenoxy) is 1. The molecule has 2 aromatic carbocycles. The van der Waals surface area contributed by atoms with E-state index in [1.54, 1.807) is 19.1 Å². The maximum atomic E-state index is 13.8. The number of hydrogen-bond donors (Lipinski definition) is 1. The maximum Gasteiger partial charge on any atom is 0.338 e. The minimum Gasteiger partial charge on any atom is -0.452 e. The summed E-state index contributed by atoms with van der Waals surface area (Å²) in [6, 6.07) is 9.61. The summed E-state index contributed by atoms with van der Waals surface area (Å²) in [5.74, 6) is -0.370. The lowest BCUT2D eigenvalue weighted by molar-refractivity contribution is -0.124. The lowest BCUT2D eigenvalue weighted by Gasteiger charge is -2.15. The second kappa shape index (κ2) is 9.43. The van der Waals surface area contributed by atoms with E-state index in [2.05, 4.69) is 5.32 Å². The number of benzene rings is 2. The van der Waals surface area contributed by atoms with Crippen LogP contribution in [0.15, 0.2) is 42.5 Å². The molecular formula is C20H19F2NO3S2. The van der Waals surface area contributed by atoms with Gasteiger partial charge in [-0.1, -0.05) is 18.2 Å². The van der Waals surface area contributed by atoms with E-state index >= 15 is 0 Å². The Morgan fingerprint density at radius 1 is 1.14 bits per heavy atom. The number of amides is 1. The molecule has 0 saturated carbocycles. The number of rotatable bonds is 6. The van der Waals surface area contributed by atoms with Crippen molar-refractivity contribution >= 4 is 35.4 Å². The highest BCUT2D eigenvalue weighted by molar-refractivity contribution is 8.19. The number of hydrogen-bond acceptors (Lipinski definition) is 5. The fraction of sp³-hybridized carbons (Fsp3) is 0.300. The molecule has 0 bridgehead atoms. The molecule has 1 heterocycles. The number of esters is 1. The molecule has 1 atom stereocenters. The van der Waals surface area contributed by atoms with Gasteiger partial charge < -0.3 is 10.1 Å². The van der Waals surface area contributed by atoms with E-state index in [4.69, 9.17) is 4.74 Å². The average molecular weight is 424 g/mol. The third-order valence-corrected chi connectivity index (χ3v) is 7.29. The van der Waals surface area contributed by atoms with E-state index in [-0.39, 0.29) is 5.56 Å². The van der Waals surface area contributed by atoms with Gasteiger partial charge in [-0.2, -0.15) is 0 Å². The van der Waals surface area contributed by atoms with E-state index in [0.717, 1.165) is 29.2 Å². The molecule has 3 rings (SSSR count). The zero-order chi connectivity index (χ0) is 20.1. The third kappa shape index (κ3) is 5.26. The molecule has 0 aromatic heterocycles. The second-order valence-electron chi connectivity index (χ2n) is 6.23. The molecule has 0 aliphatic carbocycles. The lowest BCUT2D eigenvalue weighted by atomic mass is 10.1. The normalized spacial score (nSPS) is 15.2.